The van der Waals surface area contributed by atoms with Crippen molar-refractivity contribution in [2.75, 3.05) is 0 Å². The summed E-state index contributed by atoms with van der Waals surface area (Å²) in [5.41, 5.74) is 8.22. The number of aromatic nitrogens is 4. The average Bonchev–Trinajstić information content (AvgIpc) is 3.10. The molecule has 168 valence electrons. The van der Waals surface area contributed by atoms with Crippen LogP contribution < -0.4 is 0 Å². The minimum Gasteiger partial charge on any atom is -0.279 e. The van der Waals surface area contributed by atoms with Crippen molar-refractivity contribution < 1.29 is 0 Å². The Balaban J connectivity index is 1.94. The van der Waals surface area contributed by atoms with E-state index in [1.54, 1.807) is 0 Å². The van der Waals surface area contributed by atoms with Gasteiger partial charge >= 0.3 is 0 Å². The number of hydrogen-bond donors (Lipinski definition) is 0. The van der Waals surface area contributed by atoms with E-state index in [0.29, 0.717) is 0 Å². The fourth-order valence-electron chi connectivity index (χ4n) is 5.72. The molecule has 0 N–H and O–H groups in total. The molecular weight excluding hydrogens is 392 g/mol. The molecule has 3 aromatic heterocycles. The van der Waals surface area contributed by atoms with Gasteiger partial charge in [0.2, 0.25) is 0 Å². The predicted octanol–water partition coefficient (Wildman–Crippen LogP) is 6.98. The third-order valence-corrected chi connectivity index (χ3v) is 7.14. The highest BCUT2D eigenvalue weighted by atomic mass is 15.1. The highest BCUT2D eigenvalue weighted by Gasteiger charge is 2.42. The minimum atomic E-state index is -0.126. The van der Waals surface area contributed by atoms with Crippen molar-refractivity contribution >= 4 is 27.6 Å². The first kappa shape index (κ1) is 21.4. The zero-order valence-corrected chi connectivity index (χ0v) is 21.3. The lowest BCUT2D eigenvalue weighted by atomic mass is 9.82. The molecule has 4 aromatic rings. The fraction of sp³-hybridized carbons (Fsp3) is 0.536. The quantitative estimate of drug-likeness (QED) is 0.303. The number of fused-ring (bicyclic) bond motifs is 6. The predicted molar refractivity (Wildman–Crippen MR) is 134 cm³/mol. The molecule has 4 heteroatoms. The second kappa shape index (κ2) is 6.09. The molecule has 1 aliphatic carbocycles. The maximum Gasteiger partial charge on any atom is 0.150 e. The molecule has 1 aromatic carbocycles. The first-order chi connectivity index (χ1) is 14.6. The fourth-order valence-corrected chi connectivity index (χ4v) is 5.72. The number of rotatable bonds is 0. The van der Waals surface area contributed by atoms with Crippen LogP contribution in [0.1, 0.15) is 98.3 Å². The lowest BCUT2D eigenvalue weighted by molar-refractivity contribution is 0.403. The zero-order valence-electron chi connectivity index (χ0n) is 21.3. The molecule has 5 rings (SSSR count). The largest absolute Gasteiger partial charge is 0.279 e. The summed E-state index contributed by atoms with van der Waals surface area (Å²) in [5.74, 6) is 1.04. The van der Waals surface area contributed by atoms with Crippen LogP contribution in [-0.2, 0) is 21.7 Å². The summed E-state index contributed by atoms with van der Waals surface area (Å²) in [7, 11) is 0. The van der Waals surface area contributed by atoms with E-state index in [1.165, 1.54) is 11.1 Å². The first-order valence-corrected chi connectivity index (χ1v) is 11.8. The molecular formula is C28H36N4. The molecule has 0 atom stereocenters. The van der Waals surface area contributed by atoms with Crippen LogP contribution in [0.25, 0.3) is 27.6 Å². The third-order valence-electron chi connectivity index (χ3n) is 7.14. The maximum absolute atomic E-state index is 5.21. The molecule has 3 heterocycles. The monoisotopic (exact) mass is 428 g/mol. The van der Waals surface area contributed by atoms with Crippen LogP contribution >= 0.6 is 0 Å². The van der Waals surface area contributed by atoms with Gasteiger partial charge in [0.25, 0.3) is 0 Å². The summed E-state index contributed by atoms with van der Waals surface area (Å²) in [4.78, 5) is 15.2. The molecule has 32 heavy (non-hydrogen) atoms. The van der Waals surface area contributed by atoms with Gasteiger partial charge in [0.1, 0.15) is 11.5 Å². The van der Waals surface area contributed by atoms with Gasteiger partial charge in [-0.1, -0.05) is 69.2 Å². The van der Waals surface area contributed by atoms with Gasteiger partial charge in [0.15, 0.2) is 0 Å². The standard InChI is InChI=1S/C28H36N4/c1-25(2,3)22-13-19-16(14-29-22)23-30-20-11-17-18(28(9,10)15-27(17,7)8)12-21(20)32(23)24(31-19)26(4,5)6/h11-14H,15H2,1-10H3. The van der Waals surface area contributed by atoms with Gasteiger partial charge < -0.3 is 0 Å². The number of nitrogens with zero attached hydrogens (tertiary/aromatic N) is 4. The zero-order chi connectivity index (χ0) is 23.4. The van der Waals surface area contributed by atoms with Gasteiger partial charge in [-0.05, 0) is 46.6 Å². The number of pyridine rings is 1. The summed E-state index contributed by atoms with van der Waals surface area (Å²) in [6, 6.07) is 6.87. The van der Waals surface area contributed by atoms with E-state index < -0.39 is 0 Å². The van der Waals surface area contributed by atoms with Crippen LogP contribution in [0.5, 0.6) is 0 Å². The van der Waals surface area contributed by atoms with Crippen molar-refractivity contribution in [3.8, 4) is 0 Å². The van der Waals surface area contributed by atoms with Crippen molar-refractivity contribution in [1.29, 1.82) is 0 Å². The number of imidazole rings is 1. The third kappa shape index (κ3) is 2.98. The van der Waals surface area contributed by atoms with E-state index in [-0.39, 0.29) is 21.7 Å². The van der Waals surface area contributed by atoms with Crippen molar-refractivity contribution in [3.05, 3.63) is 47.0 Å². The Morgan fingerprint density at radius 1 is 0.781 bits per heavy atom. The maximum atomic E-state index is 5.21. The summed E-state index contributed by atoms with van der Waals surface area (Å²) < 4.78 is 2.29. The van der Waals surface area contributed by atoms with Gasteiger partial charge in [0, 0.05) is 22.7 Å². The Hall–Kier alpha value is -2.49. The molecule has 0 bridgehead atoms. The van der Waals surface area contributed by atoms with E-state index in [9.17, 15) is 0 Å². The van der Waals surface area contributed by atoms with Gasteiger partial charge in [-0.15, -0.1) is 0 Å². The van der Waals surface area contributed by atoms with Crippen LogP contribution in [0.3, 0.4) is 0 Å². The first-order valence-electron chi connectivity index (χ1n) is 11.8. The van der Waals surface area contributed by atoms with Crippen molar-refractivity contribution in [2.24, 2.45) is 0 Å². The lowest BCUT2D eigenvalue weighted by Crippen LogP contribution is -2.20. The smallest absolute Gasteiger partial charge is 0.150 e. The van der Waals surface area contributed by atoms with Crippen LogP contribution in [0.15, 0.2) is 24.4 Å². The highest BCUT2D eigenvalue weighted by Crippen LogP contribution is 2.50. The van der Waals surface area contributed by atoms with Crippen LogP contribution in [-0.4, -0.2) is 19.4 Å². The summed E-state index contributed by atoms with van der Waals surface area (Å²) in [5, 5.41) is 1.01. The Bertz CT molecular complexity index is 1410. The molecule has 0 saturated carbocycles. The highest BCUT2D eigenvalue weighted by molar-refractivity contribution is 5.96. The average molecular weight is 429 g/mol. The molecule has 0 unspecified atom stereocenters. The van der Waals surface area contributed by atoms with Crippen LogP contribution in [0.4, 0.5) is 0 Å². The topological polar surface area (TPSA) is 43.1 Å². The Morgan fingerprint density at radius 3 is 2.00 bits per heavy atom. The van der Waals surface area contributed by atoms with E-state index in [4.69, 9.17) is 15.0 Å². The molecule has 0 amide bonds. The van der Waals surface area contributed by atoms with E-state index >= 15 is 0 Å². The summed E-state index contributed by atoms with van der Waals surface area (Å²) >= 11 is 0. The lowest BCUT2D eigenvalue weighted by Gasteiger charge is -2.23. The number of hydrogen-bond acceptors (Lipinski definition) is 3. The molecule has 0 saturated heterocycles. The minimum absolute atomic E-state index is 0.0258. The van der Waals surface area contributed by atoms with Gasteiger partial charge in [-0.3, -0.25) is 9.38 Å². The SMILES string of the molecule is CC(C)(C)c1cc2nc(C(C)(C)C)n3c4cc5c(cc4nc3c2cn1)C(C)(C)CC5(C)C. The Kier molecular flexibility index (Phi) is 4.07. The van der Waals surface area contributed by atoms with Crippen molar-refractivity contribution in [1.82, 2.24) is 19.4 Å². The second-order valence-electron chi connectivity index (χ2n) is 13.1. The molecule has 0 radical (unpaired) electrons. The molecule has 4 nitrogen and oxygen atoms in total. The Labute approximate surface area is 191 Å². The Morgan fingerprint density at radius 2 is 1.41 bits per heavy atom. The van der Waals surface area contributed by atoms with Gasteiger partial charge in [0.05, 0.1) is 21.9 Å². The summed E-state index contributed by atoms with van der Waals surface area (Å²) in [6.07, 6.45) is 3.12. The van der Waals surface area contributed by atoms with E-state index in [0.717, 1.165) is 45.5 Å². The summed E-state index contributed by atoms with van der Waals surface area (Å²) in [6.45, 7) is 22.7. The molecule has 0 aliphatic heterocycles. The van der Waals surface area contributed by atoms with E-state index in [2.05, 4.69) is 91.8 Å². The normalized spacial score (nSPS) is 18.1. The second-order valence-corrected chi connectivity index (χ2v) is 13.1. The van der Waals surface area contributed by atoms with Crippen molar-refractivity contribution in [2.45, 2.75) is 97.3 Å². The van der Waals surface area contributed by atoms with Gasteiger partial charge in [-0.25, -0.2) is 9.97 Å². The van der Waals surface area contributed by atoms with Crippen LogP contribution in [0.2, 0.25) is 0 Å². The van der Waals surface area contributed by atoms with Crippen molar-refractivity contribution in [3.63, 3.8) is 0 Å². The number of benzene rings is 1. The van der Waals surface area contributed by atoms with Gasteiger partial charge in [-0.2, -0.15) is 0 Å². The molecule has 1 aliphatic rings. The molecule has 0 fully saturated rings. The van der Waals surface area contributed by atoms with E-state index in [1.807, 2.05) is 6.20 Å². The van der Waals surface area contributed by atoms with Crippen LogP contribution in [0, 0.1) is 0 Å². The molecule has 0 spiro atoms.